The average molecular weight is 479 g/mol. The molecule has 0 saturated carbocycles. The van der Waals surface area contributed by atoms with Gasteiger partial charge in [-0.1, -0.05) is 36.7 Å². The summed E-state index contributed by atoms with van der Waals surface area (Å²) >= 11 is 6.26. The number of para-hydroxylation sites is 1. The Balaban J connectivity index is 1.64. The molecule has 2 aromatic heterocycles. The van der Waals surface area contributed by atoms with Gasteiger partial charge in [0.1, 0.15) is 11.4 Å². The summed E-state index contributed by atoms with van der Waals surface area (Å²) in [5.74, 6) is 0.343. The minimum atomic E-state index is -0.458. The van der Waals surface area contributed by atoms with Crippen molar-refractivity contribution in [3.63, 3.8) is 0 Å². The average Bonchev–Trinajstić information content (AvgIpc) is 3.32. The Morgan fingerprint density at radius 1 is 1.21 bits per heavy atom. The molecule has 4 rings (SSSR count). The zero-order valence-corrected chi connectivity index (χ0v) is 21.1. The topological polar surface area (TPSA) is 85.9 Å². The highest BCUT2D eigenvalue weighted by Crippen LogP contribution is 2.36. The first kappa shape index (κ1) is 23.9. The van der Waals surface area contributed by atoms with Crippen molar-refractivity contribution in [1.29, 1.82) is 0 Å². The maximum absolute atomic E-state index is 12.3. The Hall–Kier alpha value is -3.25. The van der Waals surface area contributed by atoms with Crippen molar-refractivity contribution in [3.8, 4) is 16.9 Å². The van der Waals surface area contributed by atoms with E-state index in [0.717, 1.165) is 73.7 Å². The molecule has 0 saturated heterocycles. The summed E-state index contributed by atoms with van der Waals surface area (Å²) in [6, 6.07) is 10.0. The molecule has 178 valence electrons. The molecule has 2 heterocycles. The molecule has 6 nitrogen and oxygen atoms in total. The molecular weight excluding hydrogens is 448 g/mol. The fourth-order valence-electron chi connectivity index (χ4n) is 4.65. The van der Waals surface area contributed by atoms with E-state index in [1.807, 2.05) is 49.8 Å². The summed E-state index contributed by atoms with van der Waals surface area (Å²) < 4.78 is 7.89. The summed E-state index contributed by atoms with van der Waals surface area (Å²) in [4.78, 5) is 15.7. The van der Waals surface area contributed by atoms with E-state index in [9.17, 15) is 4.79 Å². The zero-order chi connectivity index (χ0) is 24.6. The summed E-state index contributed by atoms with van der Waals surface area (Å²) in [7, 11) is 1.96. The van der Waals surface area contributed by atoms with Gasteiger partial charge in [0.15, 0.2) is 0 Å². The first-order chi connectivity index (χ1) is 16.2. The summed E-state index contributed by atoms with van der Waals surface area (Å²) in [6.45, 7) is 8.63. The molecule has 0 atom stereocenters. The van der Waals surface area contributed by atoms with E-state index in [0.29, 0.717) is 18.7 Å². The molecule has 0 aliphatic heterocycles. The number of aromatic nitrogens is 3. The standard InChI is InChI=1S/C27H31ClN4O2/c1-6-22-23(17(4)32(5)31-22)21-10-7-9-19-20(26(27(29)33)30-25(19)21)11-8-12-34-18-13-15(2)24(28)16(3)14-18/h7,9-10,13-14,30H,6,8,11-12H2,1-5H3,(H2,29,33). The molecule has 0 spiro atoms. The SMILES string of the molecule is CCc1nn(C)c(C)c1-c1cccc2c(CCCOc3cc(C)c(Cl)c(C)c3)c(C(N)=O)[nH]c12. The van der Waals surface area contributed by atoms with Gasteiger partial charge in [0.2, 0.25) is 0 Å². The first-order valence-electron chi connectivity index (χ1n) is 11.6. The minimum absolute atomic E-state index is 0.458. The number of carbonyl (C=O) groups is 1. The number of halogens is 1. The largest absolute Gasteiger partial charge is 0.494 e. The van der Waals surface area contributed by atoms with Crippen molar-refractivity contribution < 1.29 is 9.53 Å². The van der Waals surface area contributed by atoms with Crippen LogP contribution in [0.2, 0.25) is 5.02 Å². The number of primary amides is 1. The highest BCUT2D eigenvalue weighted by atomic mass is 35.5. The van der Waals surface area contributed by atoms with E-state index >= 15 is 0 Å². The lowest BCUT2D eigenvalue weighted by molar-refractivity contribution is 0.0995. The predicted octanol–water partition coefficient (Wildman–Crippen LogP) is 5.82. The fraction of sp³-hybridized carbons (Fsp3) is 0.333. The van der Waals surface area contributed by atoms with Crippen LogP contribution in [0.4, 0.5) is 0 Å². The molecule has 0 radical (unpaired) electrons. The second-order valence-corrected chi connectivity index (χ2v) is 9.16. The lowest BCUT2D eigenvalue weighted by Gasteiger charge is -2.10. The van der Waals surface area contributed by atoms with Crippen LogP contribution in [0.5, 0.6) is 5.75 Å². The molecule has 0 unspecified atom stereocenters. The van der Waals surface area contributed by atoms with E-state index in [1.165, 1.54) is 0 Å². The molecule has 2 aromatic carbocycles. The third-order valence-corrected chi connectivity index (χ3v) is 7.04. The van der Waals surface area contributed by atoms with Crippen molar-refractivity contribution in [2.24, 2.45) is 12.8 Å². The monoisotopic (exact) mass is 478 g/mol. The number of H-pyrrole nitrogens is 1. The van der Waals surface area contributed by atoms with Crippen molar-refractivity contribution in [3.05, 3.63) is 69.1 Å². The summed E-state index contributed by atoms with van der Waals surface area (Å²) in [5.41, 5.74) is 14.3. The zero-order valence-electron chi connectivity index (χ0n) is 20.4. The summed E-state index contributed by atoms with van der Waals surface area (Å²) in [6.07, 6.45) is 2.23. The number of nitrogens with two attached hydrogens (primary N) is 1. The maximum atomic E-state index is 12.3. The Labute approximate surface area is 205 Å². The number of nitrogens with zero attached hydrogens (tertiary/aromatic N) is 2. The number of rotatable bonds is 8. The normalized spacial score (nSPS) is 11.4. The molecule has 0 fully saturated rings. The van der Waals surface area contributed by atoms with E-state index in [-0.39, 0.29) is 0 Å². The number of hydrogen-bond donors (Lipinski definition) is 2. The molecule has 0 aliphatic carbocycles. The molecule has 3 N–H and O–H groups in total. The highest BCUT2D eigenvalue weighted by Gasteiger charge is 2.21. The number of nitrogens with one attached hydrogen (secondary N) is 1. The van der Waals surface area contributed by atoms with Gasteiger partial charge in [0.05, 0.1) is 17.8 Å². The molecule has 34 heavy (non-hydrogen) atoms. The van der Waals surface area contributed by atoms with Gasteiger partial charge in [-0.25, -0.2) is 0 Å². The fourth-order valence-corrected chi connectivity index (χ4v) is 4.76. The van der Waals surface area contributed by atoms with Gasteiger partial charge in [-0.05, 0) is 68.9 Å². The van der Waals surface area contributed by atoms with Gasteiger partial charge in [-0.2, -0.15) is 5.10 Å². The highest BCUT2D eigenvalue weighted by molar-refractivity contribution is 6.32. The van der Waals surface area contributed by atoms with Crippen molar-refractivity contribution in [2.75, 3.05) is 6.61 Å². The van der Waals surface area contributed by atoms with Crippen LogP contribution >= 0.6 is 11.6 Å². The third kappa shape index (κ3) is 4.30. The van der Waals surface area contributed by atoms with Crippen LogP contribution in [0.15, 0.2) is 30.3 Å². The van der Waals surface area contributed by atoms with Crippen LogP contribution in [0, 0.1) is 20.8 Å². The quantitative estimate of drug-likeness (QED) is 0.313. The van der Waals surface area contributed by atoms with Crippen LogP contribution in [-0.4, -0.2) is 27.3 Å². The molecule has 1 amide bonds. The number of amides is 1. The predicted molar refractivity (Wildman–Crippen MR) is 138 cm³/mol. The third-order valence-electron chi connectivity index (χ3n) is 6.45. The smallest absolute Gasteiger partial charge is 0.265 e. The van der Waals surface area contributed by atoms with E-state index in [1.54, 1.807) is 0 Å². The maximum Gasteiger partial charge on any atom is 0.265 e. The molecular formula is C27H31ClN4O2. The van der Waals surface area contributed by atoms with E-state index < -0.39 is 5.91 Å². The number of hydrogen-bond acceptors (Lipinski definition) is 3. The number of aryl methyl sites for hydroxylation is 5. The molecule has 7 heteroatoms. The van der Waals surface area contributed by atoms with Gasteiger partial charge in [0, 0.05) is 34.3 Å². The van der Waals surface area contributed by atoms with Crippen LogP contribution in [0.25, 0.3) is 22.0 Å². The van der Waals surface area contributed by atoms with Gasteiger partial charge in [-0.15, -0.1) is 0 Å². The van der Waals surface area contributed by atoms with Crippen molar-refractivity contribution in [1.82, 2.24) is 14.8 Å². The Bertz CT molecular complexity index is 1360. The number of aromatic amines is 1. The lowest BCUT2D eigenvalue weighted by Crippen LogP contribution is -2.14. The van der Waals surface area contributed by atoms with Gasteiger partial charge < -0.3 is 15.5 Å². The number of benzene rings is 2. The second-order valence-electron chi connectivity index (χ2n) is 8.78. The van der Waals surface area contributed by atoms with E-state index in [2.05, 4.69) is 30.0 Å². The second kappa shape index (κ2) is 9.55. The van der Waals surface area contributed by atoms with Crippen molar-refractivity contribution in [2.45, 2.75) is 47.0 Å². The van der Waals surface area contributed by atoms with Gasteiger partial charge in [-0.3, -0.25) is 9.48 Å². The Kier molecular flexibility index (Phi) is 6.71. The lowest BCUT2D eigenvalue weighted by atomic mass is 9.97. The number of ether oxygens (including phenoxy) is 1. The van der Waals surface area contributed by atoms with Crippen molar-refractivity contribution >= 4 is 28.4 Å². The van der Waals surface area contributed by atoms with Crippen LogP contribution < -0.4 is 10.5 Å². The minimum Gasteiger partial charge on any atom is -0.494 e. The van der Waals surface area contributed by atoms with Gasteiger partial charge >= 0.3 is 0 Å². The van der Waals surface area contributed by atoms with Crippen LogP contribution in [-0.2, 0) is 19.9 Å². The molecule has 0 bridgehead atoms. The van der Waals surface area contributed by atoms with Gasteiger partial charge in [0.25, 0.3) is 5.91 Å². The molecule has 4 aromatic rings. The summed E-state index contributed by atoms with van der Waals surface area (Å²) in [5, 5.41) is 6.45. The number of carbonyl (C=O) groups excluding carboxylic acids is 1. The first-order valence-corrected chi connectivity index (χ1v) is 12.0. The molecule has 0 aliphatic rings. The number of fused-ring (bicyclic) bond motifs is 1. The Morgan fingerprint density at radius 2 is 1.91 bits per heavy atom. The Morgan fingerprint density at radius 3 is 2.56 bits per heavy atom. The van der Waals surface area contributed by atoms with Crippen LogP contribution in [0.1, 0.15) is 51.9 Å². The van der Waals surface area contributed by atoms with Crippen LogP contribution in [0.3, 0.4) is 0 Å². The van der Waals surface area contributed by atoms with E-state index in [4.69, 9.17) is 22.1 Å².